The van der Waals surface area contributed by atoms with E-state index in [0.29, 0.717) is 0 Å². The normalized spacial score (nSPS) is 9.85. The molecule has 0 atom stereocenters. The quantitative estimate of drug-likeness (QED) is 0.653. The highest BCUT2D eigenvalue weighted by atomic mass is 28.3. The number of hydrogen-bond acceptors (Lipinski definition) is 0. The first-order chi connectivity index (χ1) is 6.15. The number of rotatable bonds is 2. The second-order valence-corrected chi connectivity index (χ2v) is 6.54. The number of aryl methyl sites for hydroxylation is 1. The molecule has 0 fully saturated rings. The standard InChI is InChI=1S/C10H15NSi2/c1-4-9-6-5-7-10(8-9)11(12)13(2)3/h5-8H,4H2,1-3H3/q+1. The second-order valence-electron chi connectivity index (χ2n) is 3.31. The largest absolute Gasteiger partial charge is 0.532 e. The SMILES string of the molecule is CCc1cccc([N+]([Si])=[Si](C)C)c1. The summed E-state index contributed by atoms with van der Waals surface area (Å²) in [6, 6.07) is 8.67. The minimum atomic E-state index is -0.442. The van der Waals surface area contributed by atoms with Crippen LogP contribution in [0.5, 0.6) is 0 Å². The van der Waals surface area contributed by atoms with Crippen LogP contribution in [0, 0.1) is 0 Å². The zero-order chi connectivity index (χ0) is 9.84. The molecule has 1 aromatic rings. The Balaban J connectivity index is 3.09. The van der Waals surface area contributed by atoms with E-state index >= 15 is 0 Å². The highest BCUT2D eigenvalue weighted by Crippen LogP contribution is 2.13. The summed E-state index contributed by atoms with van der Waals surface area (Å²) in [5.74, 6) is 0. The summed E-state index contributed by atoms with van der Waals surface area (Å²) in [5, 5.41) is 0. The van der Waals surface area contributed by atoms with Crippen molar-refractivity contribution in [2.45, 2.75) is 26.4 Å². The van der Waals surface area contributed by atoms with E-state index in [1.807, 2.05) is 0 Å². The maximum Gasteiger partial charge on any atom is 0.532 e. The van der Waals surface area contributed by atoms with Gasteiger partial charge >= 0.3 is 19.0 Å². The van der Waals surface area contributed by atoms with Gasteiger partial charge in [-0.2, -0.15) is 0 Å². The van der Waals surface area contributed by atoms with E-state index in [1.54, 1.807) is 0 Å². The molecule has 1 aromatic carbocycles. The van der Waals surface area contributed by atoms with Crippen LogP contribution in [0.3, 0.4) is 0 Å². The van der Waals surface area contributed by atoms with Crippen LogP contribution < -0.4 is 0 Å². The molecular formula is C10H15NSi2+. The zero-order valence-electron chi connectivity index (χ0n) is 8.46. The first kappa shape index (κ1) is 10.5. The average Bonchev–Trinajstić information content (AvgIpc) is 2.16. The number of hydrogen-bond donors (Lipinski definition) is 0. The van der Waals surface area contributed by atoms with Crippen molar-refractivity contribution in [3.05, 3.63) is 29.8 Å². The first-order valence-corrected chi connectivity index (χ1v) is 7.45. The molecule has 0 amide bonds. The molecule has 3 heteroatoms. The first-order valence-electron chi connectivity index (χ1n) is 4.55. The summed E-state index contributed by atoms with van der Waals surface area (Å²) in [5.41, 5.74) is 2.67. The molecule has 0 bridgehead atoms. The Morgan fingerprint density at radius 3 is 2.62 bits per heavy atom. The molecule has 3 radical (unpaired) electrons. The third-order valence-corrected chi connectivity index (χ3v) is 4.78. The lowest BCUT2D eigenvalue weighted by Crippen LogP contribution is -2.09. The van der Waals surface area contributed by atoms with E-state index in [0.717, 1.165) is 6.42 Å². The van der Waals surface area contributed by atoms with Gasteiger partial charge in [-0.3, -0.25) is 0 Å². The summed E-state index contributed by atoms with van der Waals surface area (Å²) in [6.45, 7) is 6.70. The van der Waals surface area contributed by atoms with Gasteiger partial charge in [0.2, 0.25) is 0 Å². The van der Waals surface area contributed by atoms with Crippen molar-refractivity contribution < 1.29 is 3.88 Å². The van der Waals surface area contributed by atoms with Gasteiger partial charge in [-0.15, -0.1) is 0 Å². The Morgan fingerprint density at radius 2 is 2.08 bits per heavy atom. The molecule has 0 unspecified atom stereocenters. The average molecular weight is 205 g/mol. The highest BCUT2D eigenvalue weighted by molar-refractivity contribution is 6.41. The zero-order valence-corrected chi connectivity index (χ0v) is 10.5. The number of nitrogens with zero attached hydrogens (tertiary/aromatic N) is 1. The van der Waals surface area contributed by atoms with E-state index in [4.69, 9.17) is 0 Å². The van der Waals surface area contributed by atoms with Crippen LogP contribution in [-0.4, -0.2) is 22.9 Å². The van der Waals surface area contributed by atoms with Crippen LogP contribution in [0.2, 0.25) is 13.1 Å². The molecule has 0 aromatic heterocycles. The molecule has 0 saturated carbocycles. The molecule has 0 aliphatic heterocycles. The molecule has 1 rings (SSSR count). The van der Waals surface area contributed by atoms with Crippen molar-refractivity contribution in [3.63, 3.8) is 0 Å². The van der Waals surface area contributed by atoms with E-state index in [1.165, 1.54) is 11.3 Å². The molecule has 13 heavy (non-hydrogen) atoms. The van der Waals surface area contributed by atoms with Crippen LogP contribution in [0.25, 0.3) is 0 Å². The van der Waals surface area contributed by atoms with Crippen molar-refractivity contribution in [2.75, 3.05) is 0 Å². The third kappa shape index (κ3) is 2.70. The fraction of sp³-hybridized carbons (Fsp3) is 0.400. The third-order valence-electron chi connectivity index (χ3n) is 2.02. The van der Waals surface area contributed by atoms with Gasteiger partial charge in [-0.1, -0.05) is 19.1 Å². The van der Waals surface area contributed by atoms with E-state index in [-0.39, 0.29) is 0 Å². The Morgan fingerprint density at radius 1 is 1.38 bits per heavy atom. The molecule has 67 valence electrons. The summed E-state index contributed by atoms with van der Waals surface area (Å²) in [6.07, 6.45) is 1.10. The fourth-order valence-electron chi connectivity index (χ4n) is 1.17. The van der Waals surface area contributed by atoms with E-state index in [2.05, 4.69) is 58.6 Å². The van der Waals surface area contributed by atoms with Crippen molar-refractivity contribution in [3.8, 4) is 0 Å². The van der Waals surface area contributed by atoms with Gasteiger partial charge in [0, 0.05) is 25.2 Å². The van der Waals surface area contributed by atoms with E-state index in [9.17, 15) is 0 Å². The van der Waals surface area contributed by atoms with Crippen LogP contribution in [-0.2, 0) is 6.42 Å². The fourth-order valence-corrected chi connectivity index (χ4v) is 1.97. The van der Waals surface area contributed by atoms with Crippen LogP contribution in [0.1, 0.15) is 12.5 Å². The maximum absolute atomic E-state index is 3.64. The molecular weight excluding hydrogens is 190 g/mol. The van der Waals surface area contributed by atoms with Crippen molar-refractivity contribution in [1.82, 2.24) is 0 Å². The summed E-state index contributed by atoms with van der Waals surface area (Å²) < 4.78 is 2.20. The van der Waals surface area contributed by atoms with Gasteiger partial charge < -0.3 is 3.88 Å². The van der Waals surface area contributed by atoms with Crippen molar-refractivity contribution >= 4 is 24.7 Å². The lowest BCUT2D eigenvalue weighted by Gasteiger charge is -2.01. The predicted octanol–water partition coefficient (Wildman–Crippen LogP) is 2.50. The lowest BCUT2D eigenvalue weighted by atomic mass is 10.1. The lowest BCUT2D eigenvalue weighted by molar-refractivity contribution is -0.254. The highest BCUT2D eigenvalue weighted by Gasteiger charge is 2.05. The van der Waals surface area contributed by atoms with Gasteiger partial charge in [0.1, 0.15) is 0 Å². The molecule has 0 saturated heterocycles. The van der Waals surface area contributed by atoms with Crippen molar-refractivity contribution in [2.24, 2.45) is 0 Å². The smallest absolute Gasteiger partial charge is 0.350 e. The van der Waals surface area contributed by atoms with Gasteiger partial charge in [0.25, 0.3) is 0 Å². The van der Waals surface area contributed by atoms with Gasteiger partial charge in [-0.25, -0.2) is 0 Å². The minimum Gasteiger partial charge on any atom is -0.350 e. The van der Waals surface area contributed by atoms with Crippen LogP contribution in [0.15, 0.2) is 24.3 Å². The summed E-state index contributed by atoms with van der Waals surface area (Å²) in [4.78, 5) is 0. The second kappa shape index (κ2) is 4.62. The Labute approximate surface area is 85.2 Å². The summed E-state index contributed by atoms with van der Waals surface area (Å²) >= 11 is 0. The Bertz CT molecular complexity index is 327. The molecule has 1 nitrogen and oxygen atoms in total. The van der Waals surface area contributed by atoms with Crippen molar-refractivity contribution in [1.29, 1.82) is 0 Å². The molecule has 0 aliphatic carbocycles. The molecule has 0 heterocycles. The van der Waals surface area contributed by atoms with Gasteiger partial charge in [0.15, 0.2) is 5.69 Å². The maximum atomic E-state index is 3.64. The molecule has 0 aliphatic rings. The van der Waals surface area contributed by atoms with Crippen LogP contribution in [0.4, 0.5) is 5.69 Å². The monoisotopic (exact) mass is 205 g/mol. The minimum absolute atomic E-state index is 0.442. The Kier molecular flexibility index (Phi) is 3.75. The molecule has 0 N–H and O–H groups in total. The Hall–Kier alpha value is -0.546. The topological polar surface area (TPSA) is 3.01 Å². The van der Waals surface area contributed by atoms with Gasteiger partial charge in [-0.05, 0) is 12.0 Å². The van der Waals surface area contributed by atoms with E-state index < -0.39 is 8.59 Å². The predicted molar refractivity (Wildman–Crippen MR) is 59.0 cm³/mol. The number of benzene rings is 1. The summed E-state index contributed by atoms with van der Waals surface area (Å²) in [7, 11) is 3.20. The molecule has 0 spiro atoms. The van der Waals surface area contributed by atoms with Crippen LogP contribution >= 0.6 is 0 Å². The van der Waals surface area contributed by atoms with Gasteiger partial charge in [0.05, 0.1) is 0 Å².